The number of carbonyl (C=O) groups is 1. The molecule has 0 aromatic carbocycles. The first-order chi connectivity index (χ1) is 10.1. The highest BCUT2D eigenvalue weighted by Crippen LogP contribution is 2.41. The van der Waals surface area contributed by atoms with Gasteiger partial charge in [-0.25, -0.2) is 0 Å². The fourth-order valence-electron chi connectivity index (χ4n) is 2.71. The molecular formula is C13H21N5O2S. The van der Waals surface area contributed by atoms with Crippen molar-refractivity contribution in [2.75, 3.05) is 37.8 Å². The van der Waals surface area contributed by atoms with Gasteiger partial charge in [0.2, 0.25) is 5.95 Å². The molecule has 2 aliphatic rings. The van der Waals surface area contributed by atoms with Crippen LogP contribution in [0.4, 0.5) is 5.95 Å². The number of nitrogens with zero attached hydrogens (tertiary/aromatic N) is 5. The summed E-state index contributed by atoms with van der Waals surface area (Å²) in [6, 6.07) is 0.995. The van der Waals surface area contributed by atoms with Crippen LogP contribution in [0.1, 0.15) is 25.3 Å². The predicted octanol–water partition coefficient (Wildman–Crippen LogP) is 0.930. The molecule has 0 amide bonds. The summed E-state index contributed by atoms with van der Waals surface area (Å²) in [4.78, 5) is 15.3. The zero-order chi connectivity index (χ0) is 15.0. The maximum atomic E-state index is 10.8. The molecule has 1 aliphatic heterocycles. The van der Waals surface area contributed by atoms with Gasteiger partial charge in [0.15, 0.2) is 5.16 Å². The van der Waals surface area contributed by atoms with Crippen molar-refractivity contribution in [1.82, 2.24) is 19.7 Å². The molecule has 1 saturated carbocycles. The Morgan fingerprint density at radius 2 is 2.14 bits per heavy atom. The minimum Gasteiger partial charge on any atom is -0.481 e. The van der Waals surface area contributed by atoms with E-state index in [-0.39, 0.29) is 5.75 Å². The lowest BCUT2D eigenvalue weighted by Gasteiger charge is -2.21. The van der Waals surface area contributed by atoms with Gasteiger partial charge in [-0.15, -0.1) is 10.2 Å². The van der Waals surface area contributed by atoms with E-state index in [1.807, 2.05) is 0 Å². The number of hydrogen-bond acceptors (Lipinski definition) is 6. The second-order valence-corrected chi connectivity index (χ2v) is 6.86. The third kappa shape index (κ3) is 3.16. The molecule has 2 fully saturated rings. The summed E-state index contributed by atoms with van der Waals surface area (Å²) >= 11 is 1.26. The van der Waals surface area contributed by atoms with Crippen molar-refractivity contribution < 1.29 is 9.90 Å². The Hall–Kier alpha value is -1.28. The molecule has 1 N–H and O–H groups in total. The first kappa shape index (κ1) is 14.6. The van der Waals surface area contributed by atoms with Gasteiger partial charge in [-0.1, -0.05) is 11.8 Å². The normalized spacial score (nSPS) is 22.2. The number of thioether (sulfide) groups is 1. The van der Waals surface area contributed by atoms with Crippen LogP contribution < -0.4 is 4.90 Å². The van der Waals surface area contributed by atoms with E-state index in [1.54, 1.807) is 0 Å². The molecule has 1 aromatic rings. The fourth-order valence-corrected chi connectivity index (χ4v) is 3.43. The Kier molecular flexibility index (Phi) is 4.08. The summed E-state index contributed by atoms with van der Waals surface area (Å²) in [7, 11) is 4.21. The van der Waals surface area contributed by atoms with Gasteiger partial charge in [0.05, 0.1) is 5.75 Å². The maximum absolute atomic E-state index is 10.8. The van der Waals surface area contributed by atoms with E-state index >= 15 is 0 Å². The van der Waals surface area contributed by atoms with Gasteiger partial charge >= 0.3 is 5.97 Å². The molecule has 1 aromatic heterocycles. The van der Waals surface area contributed by atoms with Gasteiger partial charge in [0, 0.05) is 25.2 Å². The Bertz CT molecular complexity index is 529. The lowest BCUT2D eigenvalue weighted by Crippen LogP contribution is -2.32. The van der Waals surface area contributed by atoms with Crippen molar-refractivity contribution in [3.8, 4) is 0 Å². The third-order valence-electron chi connectivity index (χ3n) is 4.06. The quantitative estimate of drug-likeness (QED) is 0.783. The van der Waals surface area contributed by atoms with E-state index in [0.717, 1.165) is 43.5 Å². The van der Waals surface area contributed by atoms with Crippen molar-refractivity contribution >= 4 is 23.7 Å². The standard InChI is InChI=1S/C13H21N5O2S/c1-16(2)10-5-6-17(7-10)12-14-15-13(21-8-11(19)20)18(12)9-3-4-9/h9-10H,3-8H2,1-2H3,(H,19,20). The average Bonchev–Trinajstić information content (AvgIpc) is 3.00. The number of aliphatic carboxylic acids is 1. The van der Waals surface area contributed by atoms with Crippen LogP contribution in [-0.4, -0.2) is 69.7 Å². The number of carboxylic acid groups (broad SMARTS) is 1. The van der Waals surface area contributed by atoms with Crippen LogP contribution in [0.3, 0.4) is 0 Å². The van der Waals surface area contributed by atoms with Crippen molar-refractivity contribution in [3.63, 3.8) is 0 Å². The largest absolute Gasteiger partial charge is 0.481 e. The SMILES string of the molecule is CN(C)C1CCN(c2nnc(SCC(=O)O)n2C2CC2)C1. The van der Waals surface area contributed by atoms with Gasteiger partial charge in [-0.3, -0.25) is 9.36 Å². The molecule has 0 bridgehead atoms. The van der Waals surface area contributed by atoms with Crippen molar-refractivity contribution in [3.05, 3.63) is 0 Å². The van der Waals surface area contributed by atoms with Crippen molar-refractivity contribution in [2.24, 2.45) is 0 Å². The Balaban J connectivity index is 1.77. The molecule has 2 heterocycles. The third-order valence-corrected chi connectivity index (χ3v) is 4.99. The number of hydrogen-bond donors (Lipinski definition) is 1. The number of aromatic nitrogens is 3. The molecule has 1 atom stereocenters. The van der Waals surface area contributed by atoms with E-state index in [4.69, 9.17) is 5.11 Å². The number of anilines is 1. The number of carboxylic acids is 1. The second-order valence-electron chi connectivity index (χ2n) is 5.92. The Morgan fingerprint density at radius 1 is 1.38 bits per heavy atom. The Morgan fingerprint density at radius 3 is 2.71 bits per heavy atom. The lowest BCUT2D eigenvalue weighted by molar-refractivity contribution is -0.133. The van der Waals surface area contributed by atoms with Gasteiger partial charge in [0.1, 0.15) is 0 Å². The summed E-state index contributed by atoms with van der Waals surface area (Å²) in [5.41, 5.74) is 0. The summed E-state index contributed by atoms with van der Waals surface area (Å²) in [5, 5.41) is 18.1. The molecule has 7 nitrogen and oxygen atoms in total. The zero-order valence-electron chi connectivity index (χ0n) is 12.4. The highest BCUT2D eigenvalue weighted by molar-refractivity contribution is 7.99. The van der Waals surface area contributed by atoms with Crippen LogP contribution in [0, 0.1) is 0 Å². The minimum absolute atomic E-state index is 0.0329. The number of likely N-dealkylation sites (N-methyl/N-ethyl adjacent to an activating group) is 1. The molecule has 0 spiro atoms. The molecule has 8 heteroatoms. The molecule has 1 saturated heterocycles. The summed E-state index contributed by atoms with van der Waals surface area (Å²) in [6.07, 6.45) is 3.40. The minimum atomic E-state index is -0.819. The monoisotopic (exact) mass is 311 g/mol. The van der Waals surface area contributed by atoms with Gasteiger partial charge < -0.3 is 14.9 Å². The zero-order valence-corrected chi connectivity index (χ0v) is 13.2. The van der Waals surface area contributed by atoms with Crippen LogP contribution in [0.5, 0.6) is 0 Å². The van der Waals surface area contributed by atoms with Gasteiger partial charge in [0.25, 0.3) is 0 Å². The van der Waals surface area contributed by atoms with Crippen molar-refractivity contribution in [1.29, 1.82) is 0 Å². The van der Waals surface area contributed by atoms with Crippen LogP contribution >= 0.6 is 11.8 Å². The van der Waals surface area contributed by atoms with Crippen LogP contribution in [0.25, 0.3) is 0 Å². The molecule has 1 aliphatic carbocycles. The second kappa shape index (κ2) is 5.84. The van der Waals surface area contributed by atoms with E-state index in [0.29, 0.717) is 12.1 Å². The molecule has 116 valence electrons. The summed E-state index contributed by atoms with van der Waals surface area (Å²) in [5.74, 6) is 0.126. The van der Waals surface area contributed by atoms with Crippen LogP contribution in [0.2, 0.25) is 0 Å². The summed E-state index contributed by atoms with van der Waals surface area (Å²) < 4.78 is 2.14. The molecule has 1 unspecified atom stereocenters. The highest BCUT2D eigenvalue weighted by atomic mass is 32.2. The van der Waals surface area contributed by atoms with E-state index in [9.17, 15) is 4.79 Å². The topological polar surface area (TPSA) is 74.5 Å². The highest BCUT2D eigenvalue weighted by Gasteiger charge is 2.34. The summed E-state index contributed by atoms with van der Waals surface area (Å²) in [6.45, 7) is 1.94. The van der Waals surface area contributed by atoms with E-state index < -0.39 is 5.97 Å². The van der Waals surface area contributed by atoms with E-state index in [1.165, 1.54) is 11.8 Å². The maximum Gasteiger partial charge on any atom is 0.313 e. The van der Waals surface area contributed by atoms with Crippen LogP contribution in [-0.2, 0) is 4.79 Å². The van der Waals surface area contributed by atoms with Gasteiger partial charge in [-0.2, -0.15) is 0 Å². The Labute approximate surface area is 128 Å². The fraction of sp³-hybridized carbons (Fsp3) is 0.769. The average molecular weight is 311 g/mol. The smallest absolute Gasteiger partial charge is 0.313 e. The lowest BCUT2D eigenvalue weighted by atomic mass is 10.2. The van der Waals surface area contributed by atoms with Gasteiger partial charge in [-0.05, 0) is 33.4 Å². The first-order valence-corrected chi connectivity index (χ1v) is 8.25. The predicted molar refractivity (Wildman–Crippen MR) is 81.0 cm³/mol. The van der Waals surface area contributed by atoms with E-state index in [2.05, 4.69) is 38.7 Å². The van der Waals surface area contributed by atoms with Crippen LogP contribution in [0.15, 0.2) is 5.16 Å². The molecule has 3 rings (SSSR count). The molecule has 21 heavy (non-hydrogen) atoms. The molecular weight excluding hydrogens is 290 g/mol. The molecule has 0 radical (unpaired) electrons. The van der Waals surface area contributed by atoms with Crippen molar-refractivity contribution in [2.45, 2.75) is 36.5 Å². The first-order valence-electron chi connectivity index (χ1n) is 7.27. The number of rotatable bonds is 6.